The lowest BCUT2D eigenvalue weighted by molar-refractivity contribution is 0.110. The lowest BCUT2D eigenvalue weighted by Gasteiger charge is -2.19. The van der Waals surface area contributed by atoms with E-state index in [1.165, 1.54) is 0 Å². The Bertz CT molecular complexity index is 154. The molecule has 3 nitrogen and oxygen atoms in total. The summed E-state index contributed by atoms with van der Waals surface area (Å²) in [7, 11) is -1.52. The maximum atomic E-state index is 11.1. The highest BCUT2D eigenvalue weighted by Crippen LogP contribution is 1.99. The van der Waals surface area contributed by atoms with E-state index in [9.17, 15) is 4.79 Å². The Labute approximate surface area is 75.6 Å². The van der Waals surface area contributed by atoms with Crippen LogP contribution in [-0.2, 0) is 4.74 Å². The molecule has 1 amide bonds. The standard InChI is InChI=1S/C8H19NO2Si/c1-6-7(2)11-8(10)9-12(3,4)5/h7H,6H2,1-5H3,(H,9,10). The Morgan fingerprint density at radius 1 is 1.50 bits per heavy atom. The van der Waals surface area contributed by atoms with E-state index in [1.54, 1.807) is 0 Å². The molecule has 0 bridgehead atoms. The fourth-order valence-corrected chi connectivity index (χ4v) is 1.27. The van der Waals surface area contributed by atoms with Crippen molar-refractivity contribution in [1.82, 2.24) is 4.98 Å². The van der Waals surface area contributed by atoms with Crippen LogP contribution in [-0.4, -0.2) is 20.4 Å². The third kappa shape index (κ3) is 6.21. The molecule has 1 N–H and O–H groups in total. The van der Waals surface area contributed by atoms with E-state index in [0.717, 1.165) is 6.42 Å². The molecule has 1 atom stereocenters. The van der Waals surface area contributed by atoms with Crippen molar-refractivity contribution in [2.24, 2.45) is 0 Å². The van der Waals surface area contributed by atoms with E-state index in [0.29, 0.717) is 0 Å². The smallest absolute Gasteiger partial charge is 0.399 e. The molecule has 0 aromatic carbocycles. The van der Waals surface area contributed by atoms with Gasteiger partial charge in [0.25, 0.3) is 0 Å². The Morgan fingerprint density at radius 2 is 2.00 bits per heavy atom. The minimum atomic E-state index is -1.52. The summed E-state index contributed by atoms with van der Waals surface area (Å²) in [5, 5.41) is 0. The zero-order valence-electron chi connectivity index (χ0n) is 8.60. The summed E-state index contributed by atoms with van der Waals surface area (Å²) in [5.41, 5.74) is 0. The van der Waals surface area contributed by atoms with Crippen molar-refractivity contribution in [1.29, 1.82) is 0 Å². The van der Waals surface area contributed by atoms with Gasteiger partial charge in [-0.3, -0.25) is 0 Å². The lowest BCUT2D eigenvalue weighted by atomic mass is 10.3. The molecule has 0 aromatic heterocycles. The van der Waals surface area contributed by atoms with Crippen molar-refractivity contribution in [2.45, 2.75) is 46.0 Å². The topological polar surface area (TPSA) is 38.3 Å². The number of hydrogen-bond donors (Lipinski definition) is 1. The van der Waals surface area contributed by atoms with Crippen LogP contribution in [0.2, 0.25) is 19.6 Å². The van der Waals surface area contributed by atoms with Crippen LogP contribution < -0.4 is 4.98 Å². The Hall–Kier alpha value is -0.513. The highest BCUT2D eigenvalue weighted by molar-refractivity contribution is 6.75. The number of hydrogen-bond acceptors (Lipinski definition) is 2. The van der Waals surface area contributed by atoms with Gasteiger partial charge >= 0.3 is 6.09 Å². The second-order valence-electron chi connectivity index (χ2n) is 4.00. The Balaban J connectivity index is 3.75. The van der Waals surface area contributed by atoms with Gasteiger partial charge in [-0.05, 0) is 13.3 Å². The quantitative estimate of drug-likeness (QED) is 0.692. The molecule has 4 heteroatoms. The summed E-state index contributed by atoms with van der Waals surface area (Å²) < 4.78 is 5.06. The molecule has 0 saturated heterocycles. The number of amides is 1. The van der Waals surface area contributed by atoms with Crippen LogP contribution in [0.4, 0.5) is 4.79 Å². The van der Waals surface area contributed by atoms with E-state index < -0.39 is 8.24 Å². The van der Waals surface area contributed by atoms with Crippen LogP contribution in [0, 0.1) is 0 Å². The molecular weight excluding hydrogens is 170 g/mol. The van der Waals surface area contributed by atoms with Gasteiger partial charge in [0.15, 0.2) is 8.24 Å². The van der Waals surface area contributed by atoms with Gasteiger partial charge < -0.3 is 9.72 Å². The van der Waals surface area contributed by atoms with Gasteiger partial charge in [-0.25, -0.2) is 4.79 Å². The van der Waals surface area contributed by atoms with E-state index >= 15 is 0 Å². The van der Waals surface area contributed by atoms with Crippen LogP contribution in [0.3, 0.4) is 0 Å². The first-order valence-electron chi connectivity index (χ1n) is 4.34. The van der Waals surface area contributed by atoms with Crippen LogP contribution in [0.1, 0.15) is 20.3 Å². The van der Waals surface area contributed by atoms with E-state index in [-0.39, 0.29) is 12.2 Å². The number of nitrogens with one attached hydrogen (secondary N) is 1. The minimum Gasteiger partial charge on any atom is -0.447 e. The van der Waals surface area contributed by atoms with Crippen molar-refractivity contribution in [3.05, 3.63) is 0 Å². The summed E-state index contributed by atoms with van der Waals surface area (Å²) in [6, 6.07) is 0. The van der Waals surface area contributed by atoms with Crippen molar-refractivity contribution in [3.63, 3.8) is 0 Å². The SMILES string of the molecule is CCC(C)OC(=O)N[Si](C)(C)C. The molecule has 0 radical (unpaired) electrons. The predicted molar refractivity (Wildman–Crippen MR) is 52.7 cm³/mol. The van der Waals surface area contributed by atoms with Gasteiger partial charge in [0.05, 0.1) is 0 Å². The first kappa shape index (κ1) is 11.5. The lowest BCUT2D eigenvalue weighted by Crippen LogP contribution is -2.46. The maximum Gasteiger partial charge on any atom is 0.399 e. The molecule has 72 valence electrons. The fraction of sp³-hybridized carbons (Fsp3) is 0.875. The molecule has 0 aliphatic rings. The van der Waals surface area contributed by atoms with Gasteiger partial charge in [-0.1, -0.05) is 26.6 Å². The van der Waals surface area contributed by atoms with Gasteiger partial charge in [-0.2, -0.15) is 0 Å². The maximum absolute atomic E-state index is 11.1. The molecular formula is C8H19NO2Si. The number of rotatable bonds is 3. The summed E-state index contributed by atoms with van der Waals surface area (Å²) >= 11 is 0. The Kier molecular flexibility index (Phi) is 4.30. The number of carbonyl (C=O) groups is 1. The van der Waals surface area contributed by atoms with Crippen LogP contribution >= 0.6 is 0 Å². The van der Waals surface area contributed by atoms with Crippen molar-refractivity contribution in [3.8, 4) is 0 Å². The second-order valence-corrected chi connectivity index (χ2v) is 8.75. The molecule has 0 aromatic rings. The zero-order chi connectivity index (χ0) is 9.78. The summed E-state index contributed by atoms with van der Waals surface area (Å²) in [4.78, 5) is 14.0. The molecule has 0 aliphatic carbocycles. The molecule has 0 heterocycles. The summed E-state index contributed by atoms with van der Waals surface area (Å²) in [5.74, 6) is 0. The third-order valence-electron chi connectivity index (χ3n) is 1.36. The van der Waals surface area contributed by atoms with Gasteiger partial charge in [0.2, 0.25) is 0 Å². The van der Waals surface area contributed by atoms with Crippen molar-refractivity contribution < 1.29 is 9.53 Å². The monoisotopic (exact) mass is 189 g/mol. The normalized spacial score (nSPS) is 13.8. The molecule has 12 heavy (non-hydrogen) atoms. The number of ether oxygens (including phenoxy) is 1. The first-order chi connectivity index (χ1) is 5.35. The average molecular weight is 189 g/mol. The second kappa shape index (κ2) is 4.50. The van der Waals surface area contributed by atoms with Crippen molar-refractivity contribution in [2.75, 3.05) is 0 Å². The van der Waals surface area contributed by atoms with E-state index in [1.807, 2.05) is 13.8 Å². The molecule has 0 saturated carbocycles. The van der Waals surface area contributed by atoms with Crippen LogP contribution in [0.15, 0.2) is 0 Å². The van der Waals surface area contributed by atoms with Crippen molar-refractivity contribution >= 4 is 14.3 Å². The molecule has 0 rings (SSSR count). The van der Waals surface area contributed by atoms with E-state index in [2.05, 4.69) is 24.6 Å². The van der Waals surface area contributed by atoms with Crippen LogP contribution in [0.5, 0.6) is 0 Å². The fourth-order valence-electron chi connectivity index (χ4n) is 0.602. The minimum absolute atomic E-state index is 0.0151. The van der Waals surface area contributed by atoms with Gasteiger partial charge in [0.1, 0.15) is 6.10 Å². The Morgan fingerprint density at radius 3 is 2.33 bits per heavy atom. The molecule has 0 aliphatic heterocycles. The third-order valence-corrected chi connectivity index (χ3v) is 2.31. The first-order valence-corrected chi connectivity index (χ1v) is 7.84. The highest BCUT2D eigenvalue weighted by atomic mass is 28.3. The van der Waals surface area contributed by atoms with Gasteiger partial charge in [0, 0.05) is 0 Å². The molecule has 0 spiro atoms. The van der Waals surface area contributed by atoms with Crippen LogP contribution in [0.25, 0.3) is 0 Å². The highest BCUT2D eigenvalue weighted by Gasteiger charge is 2.18. The molecule has 1 unspecified atom stereocenters. The number of carbonyl (C=O) groups excluding carboxylic acids is 1. The zero-order valence-corrected chi connectivity index (χ0v) is 9.60. The largest absolute Gasteiger partial charge is 0.447 e. The summed E-state index contributed by atoms with van der Waals surface area (Å²) in [6.45, 7) is 10.1. The average Bonchev–Trinajstić information content (AvgIpc) is 1.82. The predicted octanol–water partition coefficient (Wildman–Crippen LogP) is 2.35. The van der Waals surface area contributed by atoms with Gasteiger partial charge in [-0.15, -0.1) is 0 Å². The molecule has 0 fully saturated rings. The van der Waals surface area contributed by atoms with E-state index in [4.69, 9.17) is 4.74 Å². The summed E-state index contributed by atoms with van der Waals surface area (Å²) in [6.07, 6.45) is 0.601.